The average Bonchev–Trinajstić information content (AvgIpc) is 3.35. The molecule has 5 nitrogen and oxygen atoms in total. The van der Waals surface area contributed by atoms with Crippen molar-refractivity contribution in [1.29, 1.82) is 0 Å². The van der Waals surface area contributed by atoms with Gasteiger partial charge in [-0.05, 0) is 44.7 Å². The lowest BCUT2D eigenvalue weighted by Crippen LogP contribution is -2.38. The zero-order valence-corrected chi connectivity index (χ0v) is 16.7. The number of carbonyl (C=O) groups excluding carboxylic acids is 1. The minimum Gasteiger partial charge on any atom is -0.489 e. The highest BCUT2D eigenvalue weighted by molar-refractivity contribution is 7.09. The molecule has 4 rings (SSSR count). The number of nitrogens with zero attached hydrogens (tertiary/aromatic N) is 3. The van der Waals surface area contributed by atoms with Crippen molar-refractivity contribution in [2.75, 3.05) is 26.2 Å². The van der Waals surface area contributed by atoms with Crippen LogP contribution in [0, 0.1) is 6.92 Å². The van der Waals surface area contributed by atoms with Crippen molar-refractivity contribution in [3.05, 3.63) is 45.9 Å². The molecule has 6 heteroatoms. The molecular formula is C21H27N3O2S. The lowest BCUT2D eigenvalue weighted by atomic mass is 10.1. The molecule has 1 amide bonds. The molecular weight excluding hydrogens is 358 g/mol. The first-order valence-electron chi connectivity index (χ1n) is 9.87. The van der Waals surface area contributed by atoms with Gasteiger partial charge in [-0.3, -0.25) is 9.69 Å². The molecule has 0 aliphatic carbocycles. The second-order valence-corrected chi connectivity index (χ2v) is 8.51. The molecule has 1 aromatic heterocycles. The van der Waals surface area contributed by atoms with Crippen LogP contribution in [0.25, 0.3) is 0 Å². The fourth-order valence-electron chi connectivity index (χ4n) is 3.91. The van der Waals surface area contributed by atoms with Crippen LogP contribution in [-0.4, -0.2) is 53.0 Å². The number of aryl methyl sites for hydroxylation is 1. The maximum Gasteiger partial charge on any atom is 0.257 e. The smallest absolute Gasteiger partial charge is 0.257 e. The van der Waals surface area contributed by atoms with Crippen molar-refractivity contribution in [2.24, 2.45) is 0 Å². The number of benzene rings is 1. The second-order valence-electron chi connectivity index (χ2n) is 7.45. The summed E-state index contributed by atoms with van der Waals surface area (Å²) in [4.78, 5) is 21.7. The number of ether oxygens (including phenoxy) is 1. The Kier molecular flexibility index (Phi) is 5.74. The van der Waals surface area contributed by atoms with Gasteiger partial charge >= 0.3 is 0 Å². The first kappa shape index (κ1) is 18.4. The van der Waals surface area contributed by atoms with E-state index in [1.165, 1.54) is 5.69 Å². The molecule has 0 atom stereocenters. The van der Waals surface area contributed by atoms with E-state index in [1.54, 1.807) is 11.3 Å². The Balaban J connectivity index is 1.34. The van der Waals surface area contributed by atoms with E-state index in [9.17, 15) is 4.79 Å². The standard InChI is InChI=1S/C21H27N3O2S/c1-16-22-17(15-27-16)14-23-12-8-18(9-13-23)26-20-7-3-2-6-19(20)21(25)24-10-4-5-11-24/h2-3,6-7,15,18H,4-5,8-14H2,1H3. The lowest BCUT2D eigenvalue weighted by molar-refractivity contribution is 0.0764. The fraction of sp³-hybridized carbons (Fsp3) is 0.524. The largest absolute Gasteiger partial charge is 0.489 e. The SMILES string of the molecule is Cc1nc(CN2CCC(Oc3ccccc3C(=O)N3CCCC3)CC2)cs1. The summed E-state index contributed by atoms with van der Waals surface area (Å²) in [5.41, 5.74) is 1.87. The Morgan fingerprint density at radius 2 is 1.93 bits per heavy atom. The van der Waals surface area contributed by atoms with Crippen molar-refractivity contribution in [2.45, 2.75) is 45.3 Å². The number of hydrogen-bond donors (Lipinski definition) is 0. The van der Waals surface area contributed by atoms with Crippen molar-refractivity contribution in [3.63, 3.8) is 0 Å². The van der Waals surface area contributed by atoms with Gasteiger partial charge in [0.1, 0.15) is 11.9 Å². The van der Waals surface area contributed by atoms with Gasteiger partial charge < -0.3 is 9.64 Å². The Labute approximate surface area is 165 Å². The Hall–Kier alpha value is -1.92. The van der Waals surface area contributed by atoms with Crippen molar-refractivity contribution in [1.82, 2.24) is 14.8 Å². The van der Waals surface area contributed by atoms with Crippen LogP contribution in [0.5, 0.6) is 5.75 Å². The van der Waals surface area contributed by atoms with Gasteiger partial charge in [0.2, 0.25) is 0 Å². The van der Waals surface area contributed by atoms with E-state index >= 15 is 0 Å². The summed E-state index contributed by atoms with van der Waals surface area (Å²) in [6, 6.07) is 7.72. The predicted octanol–water partition coefficient (Wildman–Crippen LogP) is 3.73. The Morgan fingerprint density at radius 3 is 2.63 bits per heavy atom. The van der Waals surface area contributed by atoms with Crippen LogP contribution in [-0.2, 0) is 6.54 Å². The second kappa shape index (κ2) is 8.40. The zero-order valence-electron chi connectivity index (χ0n) is 15.9. The molecule has 0 spiro atoms. The summed E-state index contributed by atoms with van der Waals surface area (Å²) in [6.07, 6.45) is 4.34. The number of aromatic nitrogens is 1. The van der Waals surface area contributed by atoms with E-state index in [0.717, 1.165) is 69.2 Å². The van der Waals surface area contributed by atoms with Gasteiger partial charge in [0.15, 0.2) is 0 Å². The topological polar surface area (TPSA) is 45.7 Å². The number of amides is 1. The van der Waals surface area contributed by atoms with Crippen LogP contribution in [0.15, 0.2) is 29.6 Å². The molecule has 2 saturated heterocycles. The highest BCUT2D eigenvalue weighted by atomic mass is 32.1. The summed E-state index contributed by atoms with van der Waals surface area (Å²) in [7, 11) is 0. The monoisotopic (exact) mass is 385 g/mol. The summed E-state index contributed by atoms with van der Waals surface area (Å²) in [5, 5.41) is 3.28. The van der Waals surface area contributed by atoms with Crippen LogP contribution in [0.4, 0.5) is 0 Å². The third-order valence-electron chi connectivity index (χ3n) is 5.39. The number of likely N-dealkylation sites (tertiary alicyclic amines) is 2. The van der Waals surface area contributed by atoms with E-state index in [-0.39, 0.29) is 12.0 Å². The van der Waals surface area contributed by atoms with Crippen LogP contribution >= 0.6 is 11.3 Å². The summed E-state index contributed by atoms with van der Waals surface area (Å²) < 4.78 is 6.28. The summed E-state index contributed by atoms with van der Waals surface area (Å²) >= 11 is 1.71. The third-order valence-corrected chi connectivity index (χ3v) is 6.21. The van der Waals surface area contributed by atoms with Crippen LogP contribution in [0.1, 0.15) is 46.7 Å². The molecule has 0 bridgehead atoms. The molecule has 2 fully saturated rings. The number of thiazole rings is 1. The van der Waals surface area contributed by atoms with Gasteiger partial charge in [0, 0.05) is 38.1 Å². The Bertz CT molecular complexity index is 777. The van der Waals surface area contributed by atoms with E-state index in [0.29, 0.717) is 5.56 Å². The molecule has 27 heavy (non-hydrogen) atoms. The first-order valence-corrected chi connectivity index (χ1v) is 10.8. The quantitative estimate of drug-likeness (QED) is 0.787. The van der Waals surface area contributed by atoms with E-state index in [4.69, 9.17) is 4.74 Å². The highest BCUT2D eigenvalue weighted by Gasteiger charge is 2.25. The molecule has 144 valence electrons. The van der Waals surface area contributed by atoms with Crippen LogP contribution in [0.2, 0.25) is 0 Å². The maximum absolute atomic E-state index is 12.8. The molecule has 2 aliphatic heterocycles. The molecule has 0 unspecified atom stereocenters. The van der Waals surface area contributed by atoms with Gasteiger partial charge in [0.25, 0.3) is 5.91 Å². The van der Waals surface area contributed by atoms with Gasteiger partial charge in [-0.25, -0.2) is 4.98 Å². The highest BCUT2D eigenvalue weighted by Crippen LogP contribution is 2.26. The fourth-order valence-corrected chi connectivity index (χ4v) is 4.52. The average molecular weight is 386 g/mol. The molecule has 2 aromatic rings. The zero-order chi connectivity index (χ0) is 18.6. The predicted molar refractivity (Wildman–Crippen MR) is 107 cm³/mol. The normalized spacial score (nSPS) is 18.8. The van der Waals surface area contributed by atoms with Gasteiger partial charge in [-0.15, -0.1) is 11.3 Å². The van der Waals surface area contributed by atoms with Crippen LogP contribution < -0.4 is 4.74 Å². The van der Waals surface area contributed by atoms with E-state index < -0.39 is 0 Å². The molecule has 0 N–H and O–H groups in total. The number of hydrogen-bond acceptors (Lipinski definition) is 5. The number of piperidine rings is 1. The Morgan fingerprint density at radius 1 is 1.19 bits per heavy atom. The van der Waals surface area contributed by atoms with Gasteiger partial charge in [-0.2, -0.15) is 0 Å². The van der Waals surface area contributed by atoms with Gasteiger partial charge in [0.05, 0.1) is 16.3 Å². The minimum absolute atomic E-state index is 0.111. The van der Waals surface area contributed by atoms with E-state index in [1.807, 2.05) is 29.2 Å². The van der Waals surface area contributed by atoms with Crippen molar-refractivity contribution in [3.8, 4) is 5.75 Å². The molecule has 0 saturated carbocycles. The lowest BCUT2D eigenvalue weighted by Gasteiger charge is -2.32. The maximum atomic E-state index is 12.8. The number of rotatable bonds is 5. The summed E-state index contributed by atoms with van der Waals surface area (Å²) in [5.74, 6) is 0.849. The van der Waals surface area contributed by atoms with Crippen molar-refractivity contribution >= 4 is 17.2 Å². The number of para-hydroxylation sites is 1. The molecule has 1 aromatic carbocycles. The number of carbonyl (C=O) groups is 1. The summed E-state index contributed by atoms with van der Waals surface area (Å²) in [6.45, 7) is 6.70. The molecule has 3 heterocycles. The molecule has 2 aliphatic rings. The van der Waals surface area contributed by atoms with Crippen molar-refractivity contribution < 1.29 is 9.53 Å². The minimum atomic E-state index is 0.111. The van der Waals surface area contributed by atoms with Crippen LogP contribution in [0.3, 0.4) is 0 Å². The third kappa shape index (κ3) is 4.50. The molecule has 0 radical (unpaired) electrons. The van der Waals surface area contributed by atoms with E-state index in [2.05, 4.69) is 22.2 Å². The van der Waals surface area contributed by atoms with Gasteiger partial charge in [-0.1, -0.05) is 12.1 Å². The first-order chi connectivity index (χ1) is 13.2.